The van der Waals surface area contributed by atoms with E-state index < -0.39 is 12.1 Å². The molecule has 0 spiro atoms. The Morgan fingerprint density at radius 2 is 1.67 bits per heavy atom. The van der Waals surface area contributed by atoms with Crippen LogP contribution in [0.15, 0.2) is 80.7 Å². The topological polar surface area (TPSA) is 92.2 Å². The molecule has 0 saturated heterocycles. The number of ether oxygens (including phenoxy) is 1. The van der Waals surface area contributed by atoms with E-state index in [1.54, 1.807) is 12.1 Å². The largest absolute Gasteiger partial charge is 0.506 e. The summed E-state index contributed by atoms with van der Waals surface area (Å²) in [6.45, 7) is 4.31. The minimum absolute atomic E-state index is 0.0608. The quantitative estimate of drug-likeness (QED) is 0.335. The van der Waals surface area contributed by atoms with Crippen molar-refractivity contribution in [2.24, 2.45) is 4.99 Å². The summed E-state index contributed by atoms with van der Waals surface area (Å²) in [6.07, 6.45) is -0.566. The van der Waals surface area contributed by atoms with Gasteiger partial charge in [-0.1, -0.05) is 44.2 Å². The van der Waals surface area contributed by atoms with E-state index >= 15 is 0 Å². The third-order valence-corrected chi connectivity index (χ3v) is 5.63. The standard InChI is InChI=1S/C22H17Br2N3O4.C2H6/c23-17-10-14(11-18(24)19(17)28)20-26-22(31-27-20)21(29)25-12-13-6-8-16(9-7-13)30-15-4-2-1-3-5-15;1-2/h1-11,20,27-28H,12H2,(H,25,29);1-2H3. The number of amides is 1. The molecule has 3 aromatic carbocycles. The molecule has 0 fully saturated rings. The lowest BCUT2D eigenvalue weighted by Crippen LogP contribution is -2.31. The van der Waals surface area contributed by atoms with Crippen molar-refractivity contribution < 1.29 is 19.5 Å². The number of nitrogens with one attached hydrogen (secondary N) is 2. The fourth-order valence-electron chi connectivity index (χ4n) is 2.83. The highest BCUT2D eigenvalue weighted by Crippen LogP contribution is 2.36. The molecule has 3 aromatic rings. The number of para-hydroxylation sites is 1. The fourth-order valence-corrected chi connectivity index (χ4v) is 4.05. The normalized spacial score (nSPS) is 14.4. The van der Waals surface area contributed by atoms with Crippen molar-refractivity contribution in [3.05, 3.63) is 86.8 Å². The number of hydrogen-bond acceptors (Lipinski definition) is 6. The van der Waals surface area contributed by atoms with E-state index in [0.29, 0.717) is 26.8 Å². The average Bonchev–Trinajstić information content (AvgIpc) is 3.34. The first-order chi connectivity index (χ1) is 16.0. The minimum atomic E-state index is -0.566. The Morgan fingerprint density at radius 1 is 1.06 bits per heavy atom. The molecule has 1 aliphatic rings. The highest BCUT2D eigenvalue weighted by Gasteiger charge is 2.26. The van der Waals surface area contributed by atoms with Gasteiger partial charge in [-0.3, -0.25) is 4.79 Å². The maximum atomic E-state index is 12.4. The fraction of sp³-hybridized carbons (Fsp3) is 0.167. The van der Waals surface area contributed by atoms with Crippen molar-refractivity contribution in [3.63, 3.8) is 0 Å². The first-order valence-corrected chi connectivity index (χ1v) is 11.9. The zero-order valence-electron chi connectivity index (χ0n) is 18.0. The molecule has 172 valence electrons. The van der Waals surface area contributed by atoms with Crippen LogP contribution in [0.2, 0.25) is 0 Å². The molecule has 0 aromatic heterocycles. The molecular formula is C24H23Br2N3O4. The monoisotopic (exact) mass is 575 g/mol. The van der Waals surface area contributed by atoms with Crippen LogP contribution >= 0.6 is 31.9 Å². The van der Waals surface area contributed by atoms with E-state index in [4.69, 9.17) is 9.57 Å². The average molecular weight is 577 g/mol. The summed E-state index contributed by atoms with van der Waals surface area (Å²) in [4.78, 5) is 21.9. The number of phenols is 1. The zero-order chi connectivity index (χ0) is 23.8. The lowest BCUT2D eigenvalue weighted by atomic mass is 10.2. The first kappa shape index (κ1) is 24.8. The molecule has 1 heterocycles. The van der Waals surface area contributed by atoms with Crippen LogP contribution in [0.5, 0.6) is 17.2 Å². The molecule has 9 heteroatoms. The van der Waals surface area contributed by atoms with Gasteiger partial charge >= 0.3 is 11.8 Å². The number of carbonyl (C=O) groups excluding carboxylic acids is 1. The second-order valence-electron chi connectivity index (χ2n) is 6.63. The van der Waals surface area contributed by atoms with Gasteiger partial charge in [0, 0.05) is 6.54 Å². The van der Waals surface area contributed by atoms with Gasteiger partial charge in [-0.25, -0.2) is 4.99 Å². The predicted molar refractivity (Wildman–Crippen MR) is 134 cm³/mol. The van der Waals surface area contributed by atoms with Crippen molar-refractivity contribution in [2.45, 2.75) is 26.6 Å². The van der Waals surface area contributed by atoms with E-state index in [9.17, 15) is 9.90 Å². The van der Waals surface area contributed by atoms with Crippen LogP contribution in [-0.4, -0.2) is 16.9 Å². The second-order valence-corrected chi connectivity index (χ2v) is 8.34. The summed E-state index contributed by atoms with van der Waals surface area (Å²) in [5.41, 5.74) is 4.32. The van der Waals surface area contributed by atoms with E-state index in [2.05, 4.69) is 47.6 Å². The van der Waals surface area contributed by atoms with E-state index in [1.165, 1.54) is 0 Å². The number of benzene rings is 3. The lowest BCUT2D eigenvalue weighted by molar-refractivity contribution is -0.116. The molecule has 3 N–H and O–H groups in total. The van der Waals surface area contributed by atoms with Gasteiger partial charge in [0.25, 0.3) is 0 Å². The Bertz CT molecular complexity index is 1100. The summed E-state index contributed by atoms with van der Waals surface area (Å²) < 4.78 is 6.77. The summed E-state index contributed by atoms with van der Waals surface area (Å²) in [5, 5.41) is 12.6. The van der Waals surface area contributed by atoms with Crippen molar-refractivity contribution in [1.29, 1.82) is 0 Å². The molecule has 0 radical (unpaired) electrons. The summed E-state index contributed by atoms with van der Waals surface area (Å²) >= 11 is 6.55. The minimum Gasteiger partial charge on any atom is -0.506 e. The van der Waals surface area contributed by atoms with Gasteiger partial charge < -0.3 is 20.0 Å². The van der Waals surface area contributed by atoms with Crippen molar-refractivity contribution in [2.75, 3.05) is 0 Å². The Balaban J connectivity index is 0.00000149. The number of rotatable bonds is 6. The van der Waals surface area contributed by atoms with Crippen molar-refractivity contribution >= 4 is 43.7 Å². The van der Waals surface area contributed by atoms with Crippen LogP contribution in [0.25, 0.3) is 0 Å². The van der Waals surface area contributed by atoms with Gasteiger partial charge in [0.2, 0.25) is 0 Å². The zero-order valence-corrected chi connectivity index (χ0v) is 21.2. The molecule has 0 saturated carbocycles. The Kier molecular flexibility index (Phi) is 8.87. The maximum Gasteiger partial charge on any atom is 0.308 e. The molecule has 0 bridgehead atoms. The molecular weight excluding hydrogens is 554 g/mol. The van der Waals surface area contributed by atoms with Gasteiger partial charge in [-0.15, -0.1) is 5.48 Å². The molecule has 0 aliphatic carbocycles. The highest BCUT2D eigenvalue weighted by molar-refractivity contribution is 9.11. The van der Waals surface area contributed by atoms with Crippen LogP contribution in [0, 0.1) is 0 Å². The van der Waals surface area contributed by atoms with Crippen LogP contribution in [0.1, 0.15) is 31.1 Å². The smallest absolute Gasteiger partial charge is 0.308 e. The third kappa shape index (κ3) is 6.56. The Morgan fingerprint density at radius 3 is 2.30 bits per heavy atom. The molecule has 1 atom stereocenters. The first-order valence-electron chi connectivity index (χ1n) is 10.3. The molecule has 1 amide bonds. The van der Waals surface area contributed by atoms with Gasteiger partial charge in [0.1, 0.15) is 17.2 Å². The second kappa shape index (κ2) is 11.8. The van der Waals surface area contributed by atoms with Crippen LogP contribution in [0.3, 0.4) is 0 Å². The number of aliphatic imine (C=N–C) groups is 1. The van der Waals surface area contributed by atoms with Crippen molar-refractivity contribution in [1.82, 2.24) is 10.8 Å². The molecule has 1 aliphatic heterocycles. The van der Waals surface area contributed by atoms with E-state index in [0.717, 1.165) is 11.3 Å². The van der Waals surface area contributed by atoms with E-state index in [-0.39, 0.29) is 11.6 Å². The number of carbonyl (C=O) groups is 1. The molecule has 7 nitrogen and oxygen atoms in total. The molecule has 1 unspecified atom stereocenters. The predicted octanol–water partition coefficient (Wildman–Crippen LogP) is 5.98. The Hall–Kier alpha value is -2.88. The van der Waals surface area contributed by atoms with Gasteiger partial charge in [-0.05, 0) is 79.4 Å². The summed E-state index contributed by atoms with van der Waals surface area (Å²) in [6, 6.07) is 20.3. The molecule has 33 heavy (non-hydrogen) atoms. The number of aromatic hydroxyl groups is 1. The van der Waals surface area contributed by atoms with Gasteiger partial charge in [0.05, 0.1) is 8.95 Å². The van der Waals surface area contributed by atoms with Gasteiger partial charge in [-0.2, -0.15) is 0 Å². The van der Waals surface area contributed by atoms with Crippen LogP contribution in [0.4, 0.5) is 0 Å². The lowest BCUT2D eigenvalue weighted by Gasteiger charge is -2.09. The number of hydrogen-bond donors (Lipinski definition) is 3. The summed E-state index contributed by atoms with van der Waals surface area (Å²) in [7, 11) is 0. The highest BCUT2D eigenvalue weighted by atomic mass is 79.9. The number of hydroxylamine groups is 1. The SMILES string of the molecule is CC.O=C(NCc1ccc(Oc2ccccc2)cc1)C1=NC(c2cc(Br)c(O)c(Br)c2)NO1. The van der Waals surface area contributed by atoms with E-state index in [1.807, 2.05) is 68.4 Å². The van der Waals surface area contributed by atoms with Crippen LogP contribution < -0.4 is 15.5 Å². The van der Waals surface area contributed by atoms with Crippen LogP contribution in [-0.2, 0) is 16.2 Å². The summed E-state index contributed by atoms with van der Waals surface area (Å²) in [5.74, 6) is 1.06. The molecule has 4 rings (SSSR count). The number of halogens is 2. The Labute approximate surface area is 209 Å². The van der Waals surface area contributed by atoms with Gasteiger partial charge in [0.15, 0.2) is 6.17 Å². The third-order valence-electron chi connectivity index (χ3n) is 4.42. The van der Waals surface area contributed by atoms with Crippen molar-refractivity contribution in [3.8, 4) is 17.2 Å². The number of phenolic OH excluding ortho intramolecular Hbond substituents is 1. The maximum absolute atomic E-state index is 12.4. The number of nitrogens with zero attached hydrogens (tertiary/aromatic N) is 1.